The highest BCUT2D eigenvalue weighted by Gasteiger charge is 2.14. The fourth-order valence-corrected chi connectivity index (χ4v) is 2.14. The molecule has 0 bridgehead atoms. The van der Waals surface area contributed by atoms with Gasteiger partial charge in [-0.2, -0.15) is 0 Å². The first kappa shape index (κ1) is 16.4. The van der Waals surface area contributed by atoms with E-state index in [4.69, 9.17) is 14.6 Å². The number of amides is 1. The van der Waals surface area contributed by atoms with Crippen LogP contribution in [0.2, 0.25) is 0 Å². The molecule has 0 saturated heterocycles. The van der Waals surface area contributed by atoms with Crippen molar-refractivity contribution in [1.82, 2.24) is 0 Å². The van der Waals surface area contributed by atoms with Crippen molar-refractivity contribution < 1.29 is 24.2 Å². The van der Waals surface area contributed by atoms with Gasteiger partial charge in [-0.25, -0.2) is 4.79 Å². The average Bonchev–Trinajstić information content (AvgIpc) is 2.55. The molecule has 0 radical (unpaired) electrons. The average molecular weight is 315 g/mol. The standard InChI is InChI=1S/C17H17NO5/c1-10-14(17(20)21)5-4-6-15(10)18-16(19)11-7-12(22-2)9-13(8-11)23-3/h4-9H,1-3H3,(H,18,19)(H,20,21). The summed E-state index contributed by atoms with van der Waals surface area (Å²) in [5, 5.41) is 11.8. The molecule has 2 rings (SSSR count). The van der Waals surface area contributed by atoms with Crippen LogP contribution < -0.4 is 14.8 Å². The third-order valence-corrected chi connectivity index (χ3v) is 3.43. The van der Waals surface area contributed by atoms with Gasteiger partial charge in [0.25, 0.3) is 5.91 Å². The number of methoxy groups -OCH3 is 2. The van der Waals surface area contributed by atoms with Crippen LogP contribution in [0.5, 0.6) is 11.5 Å². The van der Waals surface area contributed by atoms with E-state index in [1.54, 1.807) is 37.3 Å². The van der Waals surface area contributed by atoms with Crippen molar-refractivity contribution in [2.75, 3.05) is 19.5 Å². The van der Waals surface area contributed by atoms with E-state index in [0.717, 1.165) is 0 Å². The number of rotatable bonds is 5. The molecule has 0 spiro atoms. The summed E-state index contributed by atoms with van der Waals surface area (Å²) in [6.45, 7) is 1.64. The second-order valence-electron chi connectivity index (χ2n) is 4.84. The molecule has 6 heteroatoms. The van der Waals surface area contributed by atoms with Crippen molar-refractivity contribution in [3.05, 3.63) is 53.1 Å². The van der Waals surface area contributed by atoms with Crippen molar-refractivity contribution in [3.63, 3.8) is 0 Å². The van der Waals surface area contributed by atoms with E-state index in [0.29, 0.717) is 28.3 Å². The van der Waals surface area contributed by atoms with Crippen LogP contribution in [0.1, 0.15) is 26.3 Å². The Kier molecular flexibility index (Phi) is 4.85. The molecule has 1 amide bonds. The summed E-state index contributed by atoms with van der Waals surface area (Å²) in [6.07, 6.45) is 0. The first-order chi connectivity index (χ1) is 11.0. The van der Waals surface area contributed by atoms with Crippen molar-refractivity contribution in [1.29, 1.82) is 0 Å². The topological polar surface area (TPSA) is 84.9 Å². The van der Waals surface area contributed by atoms with Gasteiger partial charge in [-0.15, -0.1) is 0 Å². The van der Waals surface area contributed by atoms with E-state index < -0.39 is 5.97 Å². The first-order valence-corrected chi connectivity index (χ1v) is 6.83. The Morgan fingerprint density at radius 1 is 1.04 bits per heavy atom. The van der Waals surface area contributed by atoms with E-state index in [1.807, 2.05) is 0 Å². The predicted molar refractivity (Wildman–Crippen MR) is 85.6 cm³/mol. The molecule has 0 aromatic heterocycles. The SMILES string of the molecule is COc1cc(OC)cc(C(=O)Nc2cccc(C(=O)O)c2C)c1. The number of carbonyl (C=O) groups is 2. The molecular weight excluding hydrogens is 298 g/mol. The van der Waals surface area contributed by atoms with Crippen LogP contribution in [0.3, 0.4) is 0 Å². The number of ether oxygens (including phenoxy) is 2. The van der Waals surface area contributed by atoms with Crippen LogP contribution in [0.25, 0.3) is 0 Å². The maximum atomic E-state index is 12.4. The van der Waals surface area contributed by atoms with Gasteiger partial charge in [0.05, 0.1) is 19.8 Å². The fourth-order valence-electron chi connectivity index (χ4n) is 2.14. The lowest BCUT2D eigenvalue weighted by Gasteiger charge is -2.12. The highest BCUT2D eigenvalue weighted by molar-refractivity contribution is 6.06. The summed E-state index contributed by atoms with van der Waals surface area (Å²) >= 11 is 0. The minimum atomic E-state index is -1.04. The van der Waals surface area contributed by atoms with Gasteiger partial charge < -0.3 is 19.9 Å². The zero-order chi connectivity index (χ0) is 17.0. The predicted octanol–water partition coefficient (Wildman–Crippen LogP) is 2.96. The number of carboxylic acids is 1. The fraction of sp³-hybridized carbons (Fsp3) is 0.176. The van der Waals surface area contributed by atoms with Gasteiger partial charge in [0.15, 0.2) is 0 Å². The summed E-state index contributed by atoms with van der Waals surface area (Å²) in [5.41, 5.74) is 1.42. The second kappa shape index (κ2) is 6.83. The molecule has 2 aromatic rings. The number of carboxylic acid groups (broad SMARTS) is 1. The van der Waals surface area contributed by atoms with Crippen LogP contribution in [-0.2, 0) is 0 Å². The van der Waals surface area contributed by atoms with Gasteiger partial charge in [0, 0.05) is 17.3 Å². The Morgan fingerprint density at radius 3 is 2.17 bits per heavy atom. The molecule has 0 unspecified atom stereocenters. The van der Waals surface area contributed by atoms with Crippen molar-refractivity contribution in [2.45, 2.75) is 6.92 Å². The van der Waals surface area contributed by atoms with Crippen molar-refractivity contribution in [2.24, 2.45) is 0 Å². The molecule has 0 aliphatic carbocycles. The van der Waals surface area contributed by atoms with E-state index in [2.05, 4.69) is 5.32 Å². The number of hydrogen-bond donors (Lipinski definition) is 2. The van der Waals surface area contributed by atoms with Crippen LogP contribution >= 0.6 is 0 Å². The van der Waals surface area contributed by atoms with Gasteiger partial charge in [-0.3, -0.25) is 4.79 Å². The van der Waals surface area contributed by atoms with Gasteiger partial charge in [-0.1, -0.05) is 6.07 Å². The molecule has 0 heterocycles. The van der Waals surface area contributed by atoms with Gasteiger partial charge in [0.2, 0.25) is 0 Å². The summed E-state index contributed by atoms with van der Waals surface area (Å²) in [4.78, 5) is 23.6. The number of carbonyl (C=O) groups excluding carboxylic acids is 1. The number of anilines is 1. The number of aromatic carboxylic acids is 1. The summed E-state index contributed by atoms with van der Waals surface area (Å²) < 4.78 is 10.3. The Labute approximate surface area is 133 Å². The van der Waals surface area contributed by atoms with Crippen LogP contribution in [0.4, 0.5) is 5.69 Å². The monoisotopic (exact) mass is 315 g/mol. The number of benzene rings is 2. The Hall–Kier alpha value is -3.02. The third-order valence-electron chi connectivity index (χ3n) is 3.43. The molecule has 2 N–H and O–H groups in total. The third kappa shape index (κ3) is 3.60. The van der Waals surface area contributed by atoms with E-state index in [1.165, 1.54) is 20.3 Å². The van der Waals surface area contributed by atoms with E-state index in [9.17, 15) is 9.59 Å². The van der Waals surface area contributed by atoms with Crippen LogP contribution in [0.15, 0.2) is 36.4 Å². The lowest BCUT2D eigenvalue weighted by atomic mass is 10.1. The quantitative estimate of drug-likeness (QED) is 0.886. The molecule has 0 fully saturated rings. The van der Waals surface area contributed by atoms with Gasteiger partial charge in [-0.05, 0) is 36.8 Å². The molecule has 23 heavy (non-hydrogen) atoms. The van der Waals surface area contributed by atoms with E-state index >= 15 is 0 Å². The first-order valence-electron chi connectivity index (χ1n) is 6.83. The molecular formula is C17H17NO5. The lowest BCUT2D eigenvalue weighted by molar-refractivity contribution is 0.0695. The number of hydrogen-bond acceptors (Lipinski definition) is 4. The minimum absolute atomic E-state index is 0.144. The molecule has 0 saturated carbocycles. The molecule has 0 aliphatic heterocycles. The smallest absolute Gasteiger partial charge is 0.336 e. The summed E-state index contributed by atoms with van der Waals surface area (Å²) in [5.74, 6) is -0.439. The highest BCUT2D eigenvalue weighted by atomic mass is 16.5. The maximum Gasteiger partial charge on any atom is 0.336 e. The maximum absolute atomic E-state index is 12.4. The van der Waals surface area contributed by atoms with Gasteiger partial charge in [0.1, 0.15) is 11.5 Å². The minimum Gasteiger partial charge on any atom is -0.497 e. The zero-order valence-corrected chi connectivity index (χ0v) is 13.0. The largest absolute Gasteiger partial charge is 0.497 e. The van der Waals surface area contributed by atoms with Crippen LogP contribution in [0, 0.1) is 6.92 Å². The molecule has 120 valence electrons. The van der Waals surface area contributed by atoms with Crippen LogP contribution in [-0.4, -0.2) is 31.2 Å². The Morgan fingerprint density at radius 2 is 1.65 bits per heavy atom. The van der Waals surface area contributed by atoms with Gasteiger partial charge >= 0.3 is 5.97 Å². The molecule has 2 aromatic carbocycles. The summed E-state index contributed by atoms with van der Waals surface area (Å²) in [7, 11) is 2.99. The van der Waals surface area contributed by atoms with Crippen molar-refractivity contribution in [3.8, 4) is 11.5 Å². The van der Waals surface area contributed by atoms with E-state index in [-0.39, 0.29) is 11.5 Å². The number of nitrogens with one attached hydrogen (secondary N) is 1. The molecule has 0 aliphatic rings. The molecule has 0 atom stereocenters. The highest BCUT2D eigenvalue weighted by Crippen LogP contribution is 2.24. The second-order valence-corrected chi connectivity index (χ2v) is 4.84. The Balaban J connectivity index is 2.33. The van der Waals surface area contributed by atoms with Crippen molar-refractivity contribution >= 4 is 17.6 Å². The Bertz CT molecular complexity index is 732. The zero-order valence-electron chi connectivity index (χ0n) is 13.0. The lowest BCUT2D eigenvalue weighted by Crippen LogP contribution is -2.14. The summed E-state index contributed by atoms with van der Waals surface area (Å²) in [6, 6.07) is 9.53. The normalized spacial score (nSPS) is 10.0. The molecule has 6 nitrogen and oxygen atoms in total.